The van der Waals surface area contributed by atoms with Gasteiger partial charge in [-0.05, 0) is 74.1 Å². The van der Waals surface area contributed by atoms with Gasteiger partial charge < -0.3 is 9.45 Å². The minimum atomic E-state index is -0.890. The first-order chi connectivity index (χ1) is 13.1. The Kier molecular flexibility index (Phi) is 5.00. The van der Waals surface area contributed by atoms with Gasteiger partial charge in [-0.15, -0.1) is 4.72 Å². The third-order valence-corrected chi connectivity index (χ3v) is 9.39. The van der Waals surface area contributed by atoms with E-state index in [1.165, 1.54) is 56.2 Å². The molecule has 148 valence electrons. The second-order valence-corrected chi connectivity index (χ2v) is 11.3. The summed E-state index contributed by atoms with van der Waals surface area (Å²) in [7, 11) is 0. The second-order valence-electron chi connectivity index (χ2n) is 9.65. The van der Waals surface area contributed by atoms with Crippen molar-refractivity contribution >= 4 is 11.4 Å². The molecule has 1 saturated heterocycles. The fourth-order valence-electron chi connectivity index (χ4n) is 6.60. The molecule has 5 aliphatic rings. The average Bonchev–Trinajstić information content (AvgIpc) is 3.07. The summed E-state index contributed by atoms with van der Waals surface area (Å²) in [5.41, 5.74) is 1.19. The minimum absolute atomic E-state index is 0.0796. The fourth-order valence-corrected chi connectivity index (χ4v) is 8.51. The Balaban J connectivity index is 1.13. The zero-order valence-electron chi connectivity index (χ0n) is 16.0. The molecule has 4 bridgehead atoms. The van der Waals surface area contributed by atoms with Gasteiger partial charge in [-0.1, -0.05) is 12.1 Å². The molecule has 1 heterocycles. The first-order valence-electron chi connectivity index (χ1n) is 10.7. The standard InChI is InChI=1S/C22H31FN2OS/c23-20-3-1-16(2-4-20)5-7-25-8-6-21(15-25)24-27(26)22-12-17-9-18(13-22)11-19(10-17)14-22/h1-4,17-19,21,24H,5-15H2/t17?,18?,19?,21?,22?,27-/m0/s1. The molecule has 1 aromatic carbocycles. The highest BCUT2D eigenvalue weighted by molar-refractivity contribution is 7.90. The molecular formula is C22H31FN2OS. The molecule has 27 heavy (non-hydrogen) atoms. The van der Waals surface area contributed by atoms with Crippen LogP contribution in [-0.2, 0) is 17.8 Å². The minimum Gasteiger partial charge on any atom is -0.598 e. The van der Waals surface area contributed by atoms with E-state index in [-0.39, 0.29) is 10.6 Å². The van der Waals surface area contributed by atoms with E-state index in [0.717, 1.165) is 50.2 Å². The van der Waals surface area contributed by atoms with E-state index >= 15 is 0 Å². The lowest BCUT2D eigenvalue weighted by Crippen LogP contribution is -2.59. The van der Waals surface area contributed by atoms with E-state index in [1.807, 2.05) is 12.1 Å². The van der Waals surface area contributed by atoms with Gasteiger partial charge in [0.2, 0.25) is 0 Å². The number of nitrogens with zero attached hydrogens (tertiary/aromatic N) is 1. The van der Waals surface area contributed by atoms with Crippen LogP contribution in [0.2, 0.25) is 0 Å². The van der Waals surface area contributed by atoms with Crippen molar-refractivity contribution in [1.82, 2.24) is 9.62 Å². The molecule has 0 aromatic heterocycles. The molecule has 2 atom stereocenters. The van der Waals surface area contributed by atoms with Gasteiger partial charge in [-0.2, -0.15) is 0 Å². The molecule has 6 rings (SSSR count). The Morgan fingerprint density at radius 1 is 1.07 bits per heavy atom. The van der Waals surface area contributed by atoms with Crippen LogP contribution in [0, 0.1) is 23.6 Å². The largest absolute Gasteiger partial charge is 0.598 e. The maximum absolute atomic E-state index is 13.3. The summed E-state index contributed by atoms with van der Waals surface area (Å²) in [6, 6.07) is 7.19. The fraction of sp³-hybridized carbons (Fsp3) is 0.727. The number of halogens is 1. The molecule has 1 unspecified atom stereocenters. The van der Waals surface area contributed by atoms with Crippen molar-refractivity contribution in [3.8, 4) is 0 Å². The Morgan fingerprint density at radius 3 is 2.33 bits per heavy atom. The van der Waals surface area contributed by atoms with Crippen LogP contribution in [0.25, 0.3) is 0 Å². The van der Waals surface area contributed by atoms with Gasteiger partial charge in [-0.3, -0.25) is 0 Å². The molecule has 1 aliphatic heterocycles. The van der Waals surface area contributed by atoms with Gasteiger partial charge in [0.15, 0.2) is 0 Å². The van der Waals surface area contributed by atoms with Crippen LogP contribution in [0.1, 0.15) is 50.5 Å². The summed E-state index contributed by atoms with van der Waals surface area (Å²) in [5, 5.41) is 0. The van der Waals surface area contributed by atoms with E-state index in [4.69, 9.17) is 0 Å². The third-order valence-electron chi connectivity index (χ3n) is 7.55. The SMILES string of the molecule is [O-][S@+](NC1CCN(CCc2ccc(F)cc2)C1)C12CC3CC(CC(C3)C1)C2. The highest BCUT2D eigenvalue weighted by atomic mass is 32.2. The lowest BCUT2D eigenvalue weighted by atomic mass is 9.56. The maximum Gasteiger partial charge on any atom is 0.146 e. The van der Waals surface area contributed by atoms with E-state index in [9.17, 15) is 8.94 Å². The Bertz CT molecular complexity index is 631. The van der Waals surface area contributed by atoms with Crippen molar-refractivity contribution in [3.05, 3.63) is 35.6 Å². The van der Waals surface area contributed by atoms with Gasteiger partial charge in [0.1, 0.15) is 10.6 Å². The highest BCUT2D eigenvalue weighted by Gasteiger charge is 2.58. The van der Waals surface area contributed by atoms with Crippen LogP contribution >= 0.6 is 0 Å². The quantitative estimate of drug-likeness (QED) is 0.754. The lowest BCUT2D eigenvalue weighted by Gasteiger charge is -2.55. The topological polar surface area (TPSA) is 38.3 Å². The molecule has 0 amide bonds. The van der Waals surface area contributed by atoms with Crippen molar-refractivity contribution in [2.75, 3.05) is 19.6 Å². The summed E-state index contributed by atoms with van der Waals surface area (Å²) in [4.78, 5) is 2.46. The lowest BCUT2D eigenvalue weighted by molar-refractivity contribution is 0.0332. The van der Waals surface area contributed by atoms with Gasteiger partial charge in [-0.25, -0.2) is 4.39 Å². The predicted octanol–water partition coefficient (Wildman–Crippen LogP) is 3.66. The van der Waals surface area contributed by atoms with Crippen molar-refractivity contribution in [2.24, 2.45) is 17.8 Å². The number of likely N-dealkylation sites (tertiary alicyclic amines) is 1. The molecule has 3 nitrogen and oxygen atoms in total. The molecule has 4 saturated carbocycles. The number of hydrogen-bond donors (Lipinski definition) is 1. The van der Waals surface area contributed by atoms with Crippen LogP contribution in [0.5, 0.6) is 0 Å². The number of benzene rings is 1. The van der Waals surface area contributed by atoms with Crippen LogP contribution in [0.3, 0.4) is 0 Å². The number of rotatable bonds is 6. The van der Waals surface area contributed by atoms with E-state index in [1.54, 1.807) is 0 Å². The van der Waals surface area contributed by atoms with E-state index < -0.39 is 11.4 Å². The normalized spacial score (nSPS) is 39.2. The van der Waals surface area contributed by atoms with Gasteiger partial charge in [0.25, 0.3) is 0 Å². The van der Waals surface area contributed by atoms with Crippen molar-refractivity contribution < 1.29 is 8.94 Å². The molecule has 5 fully saturated rings. The first-order valence-corrected chi connectivity index (χ1v) is 11.9. The molecule has 5 heteroatoms. The summed E-state index contributed by atoms with van der Waals surface area (Å²) >= 11 is -0.890. The zero-order chi connectivity index (χ0) is 18.4. The van der Waals surface area contributed by atoms with Crippen molar-refractivity contribution in [2.45, 2.75) is 62.2 Å². The monoisotopic (exact) mass is 390 g/mol. The highest BCUT2D eigenvalue weighted by Crippen LogP contribution is 2.58. The Morgan fingerprint density at radius 2 is 1.70 bits per heavy atom. The van der Waals surface area contributed by atoms with E-state index in [0.29, 0.717) is 6.04 Å². The summed E-state index contributed by atoms with van der Waals surface area (Å²) in [6.45, 7) is 3.05. The van der Waals surface area contributed by atoms with E-state index in [2.05, 4.69) is 9.62 Å². The molecule has 1 aromatic rings. The Hall–Kier alpha value is -0.620. The number of nitrogens with one attached hydrogen (secondary N) is 1. The average molecular weight is 391 g/mol. The maximum atomic E-state index is 13.3. The summed E-state index contributed by atoms with van der Waals surface area (Å²) in [5.74, 6) is 2.37. The van der Waals surface area contributed by atoms with Crippen LogP contribution in [0.15, 0.2) is 24.3 Å². The molecular weight excluding hydrogens is 359 g/mol. The predicted molar refractivity (Wildman–Crippen MR) is 107 cm³/mol. The van der Waals surface area contributed by atoms with Crippen molar-refractivity contribution in [1.29, 1.82) is 0 Å². The van der Waals surface area contributed by atoms with Crippen LogP contribution in [-0.4, -0.2) is 39.9 Å². The van der Waals surface area contributed by atoms with Crippen molar-refractivity contribution in [3.63, 3.8) is 0 Å². The first kappa shape index (κ1) is 18.4. The summed E-state index contributed by atoms with van der Waals surface area (Å²) < 4.78 is 30.0. The molecule has 1 N–H and O–H groups in total. The van der Waals surface area contributed by atoms with Crippen LogP contribution < -0.4 is 4.72 Å². The second kappa shape index (κ2) is 7.33. The molecule has 0 spiro atoms. The number of hydrogen-bond acceptors (Lipinski definition) is 3. The van der Waals surface area contributed by atoms with Gasteiger partial charge in [0, 0.05) is 43.7 Å². The van der Waals surface area contributed by atoms with Crippen LogP contribution in [0.4, 0.5) is 4.39 Å². The molecule has 0 radical (unpaired) electrons. The zero-order valence-corrected chi connectivity index (χ0v) is 16.9. The van der Waals surface area contributed by atoms with Gasteiger partial charge in [0.05, 0.1) is 6.04 Å². The Labute approximate surface area is 165 Å². The summed E-state index contributed by atoms with van der Waals surface area (Å²) in [6.07, 6.45) is 9.82. The smallest absolute Gasteiger partial charge is 0.146 e. The van der Waals surface area contributed by atoms with Gasteiger partial charge >= 0.3 is 0 Å². The molecule has 4 aliphatic carbocycles. The third kappa shape index (κ3) is 3.81.